The van der Waals surface area contributed by atoms with E-state index in [1.807, 2.05) is 35.2 Å². The molecule has 5 atom stereocenters. The second-order valence-corrected chi connectivity index (χ2v) is 15.7. The first-order valence-electron chi connectivity index (χ1n) is 20.0. The van der Waals surface area contributed by atoms with E-state index in [1.54, 1.807) is 6.07 Å². The summed E-state index contributed by atoms with van der Waals surface area (Å²) in [6, 6.07) is 18.4. The first-order valence-corrected chi connectivity index (χ1v) is 20.0. The lowest BCUT2D eigenvalue weighted by atomic mass is 9.79. The molecule has 9 rings (SSSR count). The Labute approximate surface area is 318 Å². The normalized spacial score (nSPS) is 23.3. The van der Waals surface area contributed by atoms with Crippen LogP contribution in [-0.2, 0) is 29.0 Å². The van der Waals surface area contributed by atoms with Crippen LogP contribution in [-0.4, -0.2) is 63.7 Å². The zero-order chi connectivity index (χ0) is 37.2. The maximum absolute atomic E-state index is 13.5. The van der Waals surface area contributed by atoms with Crippen LogP contribution in [0.2, 0.25) is 0 Å². The van der Waals surface area contributed by atoms with E-state index in [2.05, 4.69) is 59.5 Å². The van der Waals surface area contributed by atoms with Crippen molar-refractivity contribution in [1.29, 1.82) is 0 Å². The molecule has 6 bridgehead atoms. The number of nitrogens with zero attached hydrogens (tertiary/aromatic N) is 2. The molecule has 5 aliphatic rings. The van der Waals surface area contributed by atoms with Crippen molar-refractivity contribution in [3.63, 3.8) is 0 Å². The third kappa shape index (κ3) is 7.67. The Morgan fingerprint density at radius 3 is 2.69 bits per heavy atom. The molecule has 0 saturated carbocycles. The second kappa shape index (κ2) is 16.0. The minimum absolute atomic E-state index is 0.0879. The number of phenols is 1. The number of fused-ring (bicyclic) bond motifs is 6. The summed E-state index contributed by atoms with van der Waals surface area (Å²) in [5, 5.41) is 28.4. The van der Waals surface area contributed by atoms with Crippen LogP contribution in [0.15, 0.2) is 84.7 Å². The predicted molar refractivity (Wildman–Crippen MR) is 212 cm³/mol. The summed E-state index contributed by atoms with van der Waals surface area (Å²) in [4.78, 5) is 15.5. The number of aliphatic hydroxyl groups is 1. The number of phenolic OH excluding ortho intramolecular Hbond substituents is 1. The first kappa shape index (κ1) is 36.4. The topological polar surface area (TPSA) is 122 Å². The van der Waals surface area contributed by atoms with E-state index in [-0.39, 0.29) is 42.4 Å². The zero-order valence-electron chi connectivity index (χ0n) is 31.4. The molecule has 1 aromatic heterocycles. The number of likely N-dealkylation sites (tertiary alicyclic amines) is 1. The smallest absolute Gasteiger partial charge is 0.223 e. The van der Waals surface area contributed by atoms with Crippen LogP contribution in [0.5, 0.6) is 11.5 Å². The molecule has 4 aromatic rings. The van der Waals surface area contributed by atoms with Crippen LogP contribution in [0, 0.1) is 5.92 Å². The lowest BCUT2D eigenvalue weighted by molar-refractivity contribution is -0.134. The highest BCUT2D eigenvalue weighted by Gasteiger charge is 2.31. The van der Waals surface area contributed by atoms with Crippen LogP contribution in [0.3, 0.4) is 0 Å². The van der Waals surface area contributed by atoms with Gasteiger partial charge in [0.2, 0.25) is 5.91 Å². The number of dihydropyridines is 1. The van der Waals surface area contributed by atoms with Gasteiger partial charge in [0.1, 0.15) is 12.4 Å². The largest absolute Gasteiger partial charge is 0.504 e. The van der Waals surface area contributed by atoms with Crippen LogP contribution in [0.4, 0.5) is 0 Å². The van der Waals surface area contributed by atoms with Crippen LogP contribution in [0.1, 0.15) is 92.0 Å². The third-order valence-corrected chi connectivity index (χ3v) is 12.0. The maximum Gasteiger partial charge on any atom is 0.223 e. The highest BCUT2D eigenvalue weighted by molar-refractivity contribution is 5.88. The van der Waals surface area contributed by atoms with Gasteiger partial charge in [-0.1, -0.05) is 74.7 Å². The molecule has 1 fully saturated rings. The van der Waals surface area contributed by atoms with Crippen molar-refractivity contribution in [2.75, 3.05) is 19.7 Å². The quantitative estimate of drug-likeness (QED) is 0.142. The minimum atomic E-state index is -0.503. The average Bonchev–Trinajstić information content (AvgIpc) is 3.59. The SMILES string of the molecule is CCCCCC1CC(O)C2CCc3c(ccc(O)c3OCc3cc(C(CC(=O)N4CCC4)c4ccccc4)cc4cn(cc34)C3=C(C=CC(N)N3)CO1)C2. The first-order chi connectivity index (χ1) is 26.3. The highest BCUT2D eigenvalue weighted by atomic mass is 16.5. The number of carbonyl (C=O) groups is 1. The van der Waals surface area contributed by atoms with Crippen molar-refractivity contribution < 1.29 is 24.5 Å². The second-order valence-electron chi connectivity index (χ2n) is 15.7. The number of aromatic nitrogens is 1. The molecular weight excluding hydrogens is 677 g/mol. The van der Waals surface area contributed by atoms with Crippen LogP contribution < -0.4 is 15.8 Å². The molecule has 5 heterocycles. The summed E-state index contributed by atoms with van der Waals surface area (Å²) >= 11 is 0. The summed E-state index contributed by atoms with van der Waals surface area (Å²) in [7, 11) is 0. The number of unbranched alkanes of at least 4 members (excludes halogenated alkanes) is 2. The number of amides is 1. The van der Waals surface area contributed by atoms with E-state index < -0.39 is 6.10 Å². The Bertz CT molecular complexity index is 2030. The van der Waals surface area contributed by atoms with Gasteiger partial charge in [0.15, 0.2) is 11.5 Å². The molecule has 1 amide bonds. The van der Waals surface area contributed by atoms with Gasteiger partial charge in [0.05, 0.1) is 25.0 Å². The number of nitrogens with one attached hydrogen (secondary N) is 1. The number of carbonyl (C=O) groups excluding carboxylic acids is 1. The summed E-state index contributed by atoms with van der Waals surface area (Å²) in [5.41, 5.74) is 12.7. The monoisotopic (exact) mass is 730 g/mol. The maximum atomic E-state index is 13.5. The molecule has 5 unspecified atom stereocenters. The third-order valence-electron chi connectivity index (χ3n) is 12.0. The molecule has 54 heavy (non-hydrogen) atoms. The Balaban J connectivity index is 1.25. The van der Waals surface area contributed by atoms with E-state index >= 15 is 0 Å². The molecule has 9 heteroatoms. The van der Waals surface area contributed by atoms with Crippen molar-refractivity contribution in [1.82, 2.24) is 14.8 Å². The number of ether oxygens (including phenoxy) is 2. The molecule has 1 aliphatic carbocycles. The summed E-state index contributed by atoms with van der Waals surface area (Å²) < 4.78 is 15.5. The number of hydrogen-bond acceptors (Lipinski definition) is 7. The molecular formula is C45H54N4O5. The molecule has 0 spiro atoms. The number of nitrogens with two attached hydrogens (primary N) is 1. The number of hydrogen-bond donors (Lipinski definition) is 4. The molecule has 3 aromatic carbocycles. The van der Waals surface area contributed by atoms with Crippen LogP contribution >= 0.6 is 0 Å². The summed E-state index contributed by atoms with van der Waals surface area (Å²) in [5.74, 6) is 1.61. The van der Waals surface area contributed by atoms with Crippen molar-refractivity contribution in [3.05, 3.63) is 113 Å². The Hall–Kier alpha value is -4.57. The molecule has 284 valence electrons. The minimum Gasteiger partial charge on any atom is -0.504 e. The number of aliphatic hydroxyl groups excluding tert-OH is 1. The molecule has 9 nitrogen and oxygen atoms in total. The van der Waals surface area contributed by atoms with Gasteiger partial charge in [0, 0.05) is 59.7 Å². The van der Waals surface area contributed by atoms with E-state index in [0.717, 1.165) is 114 Å². The molecule has 5 N–H and O–H groups in total. The number of rotatable bonds is 8. The van der Waals surface area contributed by atoms with Gasteiger partial charge < -0.3 is 40.2 Å². The van der Waals surface area contributed by atoms with E-state index in [4.69, 9.17) is 15.2 Å². The van der Waals surface area contributed by atoms with Gasteiger partial charge in [0.25, 0.3) is 0 Å². The fourth-order valence-corrected chi connectivity index (χ4v) is 8.78. The van der Waals surface area contributed by atoms with Crippen molar-refractivity contribution in [2.24, 2.45) is 11.7 Å². The van der Waals surface area contributed by atoms with Gasteiger partial charge in [-0.25, -0.2) is 0 Å². The number of aromatic hydroxyl groups is 1. The number of benzene rings is 3. The Morgan fingerprint density at radius 1 is 1.04 bits per heavy atom. The molecule has 4 aliphatic heterocycles. The highest BCUT2D eigenvalue weighted by Crippen LogP contribution is 2.41. The van der Waals surface area contributed by atoms with Crippen molar-refractivity contribution in [3.8, 4) is 11.5 Å². The Morgan fingerprint density at radius 2 is 1.89 bits per heavy atom. The van der Waals surface area contributed by atoms with Gasteiger partial charge >= 0.3 is 0 Å². The van der Waals surface area contributed by atoms with Gasteiger partial charge in [-0.15, -0.1) is 0 Å². The van der Waals surface area contributed by atoms with Crippen molar-refractivity contribution >= 4 is 22.5 Å². The standard InChI is InChI=1S/C45H54N4O5/c1-2-3-5-11-36-23-41(51)31-12-15-37-30(20-31)13-16-40(50)44(37)54-28-35-22-33(38(29-9-6-4-7-10-29)24-43(52)48-18-8-19-48)21-34-25-49(26-39(34)35)45-32(27-53-36)14-17-42(46)47-45/h4,6-7,9-10,13-14,16-17,21-22,25-26,31,36,38,41-42,47,50-51H,2-3,5,8,11-12,15,18-20,23-24,27-28,46H2,1H3. The van der Waals surface area contributed by atoms with Crippen LogP contribution in [0.25, 0.3) is 16.6 Å². The van der Waals surface area contributed by atoms with Gasteiger partial charge in [-0.2, -0.15) is 0 Å². The Kier molecular flexibility index (Phi) is 10.8. The average molecular weight is 731 g/mol. The van der Waals surface area contributed by atoms with Gasteiger partial charge in [-0.05, 0) is 84.9 Å². The van der Waals surface area contributed by atoms with Crippen molar-refractivity contribution in [2.45, 2.75) is 102 Å². The molecule has 1 saturated heterocycles. The zero-order valence-corrected chi connectivity index (χ0v) is 31.4. The van der Waals surface area contributed by atoms with E-state index in [9.17, 15) is 15.0 Å². The fourth-order valence-electron chi connectivity index (χ4n) is 8.78. The molecule has 0 radical (unpaired) electrons. The fraction of sp³-hybridized carbons (Fsp3) is 0.444. The predicted octanol–water partition coefficient (Wildman–Crippen LogP) is 7.13. The summed E-state index contributed by atoms with van der Waals surface area (Å²) in [6.45, 7) is 4.45. The lowest BCUT2D eigenvalue weighted by Crippen LogP contribution is -2.42. The lowest BCUT2D eigenvalue weighted by Gasteiger charge is -2.32. The van der Waals surface area contributed by atoms with Gasteiger partial charge in [-0.3, -0.25) is 4.79 Å². The van der Waals surface area contributed by atoms with E-state index in [1.165, 1.54) is 0 Å². The van der Waals surface area contributed by atoms with E-state index in [0.29, 0.717) is 25.2 Å². The summed E-state index contributed by atoms with van der Waals surface area (Å²) in [6.07, 6.45) is 15.7.